The van der Waals surface area contributed by atoms with Gasteiger partial charge in [0, 0.05) is 6.42 Å². The summed E-state index contributed by atoms with van der Waals surface area (Å²) >= 11 is 0. The van der Waals surface area contributed by atoms with Gasteiger partial charge in [-0.1, -0.05) is 75.8 Å². The van der Waals surface area contributed by atoms with E-state index < -0.39 is 12.5 Å². The van der Waals surface area contributed by atoms with E-state index in [0.717, 1.165) is 24.8 Å². The molecule has 1 N–H and O–H groups in total. The van der Waals surface area contributed by atoms with Gasteiger partial charge in [0.1, 0.15) is 0 Å². The molecule has 5 nitrogen and oxygen atoms in total. The molecule has 0 aliphatic heterocycles. The molecule has 1 rings (SSSR count). The van der Waals surface area contributed by atoms with Gasteiger partial charge in [0.15, 0.2) is 6.61 Å². The first kappa shape index (κ1) is 20.2. The molecule has 0 radical (unpaired) electrons. The van der Waals surface area contributed by atoms with Gasteiger partial charge in [0.05, 0.1) is 6.54 Å². The molecule has 5 heteroatoms. The third kappa shape index (κ3) is 9.30. The van der Waals surface area contributed by atoms with E-state index in [1.54, 1.807) is 0 Å². The Morgan fingerprint density at radius 3 is 2.29 bits per heavy atom. The Hall–Kier alpha value is -1.88. The number of benzene rings is 1. The highest BCUT2D eigenvalue weighted by Gasteiger charge is 2.14. The zero-order chi connectivity index (χ0) is 17.6. The molecule has 0 unspecified atom stereocenters. The van der Waals surface area contributed by atoms with Gasteiger partial charge in [-0.05, 0) is 12.0 Å². The summed E-state index contributed by atoms with van der Waals surface area (Å²) in [7, 11) is 0. The molecule has 0 aliphatic rings. The number of ether oxygens (including phenoxy) is 1. The lowest BCUT2D eigenvalue weighted by Gasteiger charge is -2.15. The first-order valence-electron chi connectivity index (χ1n) is 8.82. The van der Waals surface area contributed by atoms with Crippen molar-refractivity contribution in [1.29, 1.82) is 0 Å². The topological polar surface area (TPSA) is 66.8 Å². The number of rotatable bonds is 12. The average Bonchev–Trinajstić information content (AvgIpc) is 2.59. The molecule has 1 aromatic carbocycles. The maximum atomic E-state index is 11.7. The average molecular weight is 335 g/mol. The van der Waals surface area contributed by atoms with Crippen LogP contribution in [0.25, 0.3) is 0 Å². The lowest BCUT2D eigenvalue weighted by Crippen LogP contribution is -2.31. The maximum Gasteiger partial charge on any atom is 0.306 e. The minimum Gasteiger partial charge on any atom is -0.455 e. The van der Waals surface area contributed by atoms with E-state index in [4.69, 9.17) is 4.74 Å². The summed E-state index contributed by atoms with van der Waals surface area (Å²) in [4.78, 5) is 23.3. The van der Waals surface area contributed by atoms with Crippen LogP contribution in [-0.4, -0.2) is 28.8 Å². The monoisotopic (exact) mass is 335 g/mol. The van der Waals surface area contributed by atoms with Crippen LogP contribution in [0.15, 0.2) is 30.3 Å². The summed E-state index contributed by atoms with van der Waals surface area (Å²) in [5.74, 6) is -1.00. The molecule has 1 amide bonds. The number of hydrogen-bond donors (Lipinski definition) is 1. The Bertz CT molecular complexity index is 476. The molecule has 0 heterocycles. The summed E-state index contributed by atoms with van der Waals surface area (Å²) in [6, 6.07) is 9.14. The first-order chi connectivity index (χ1) is 11.6. The highest BCUT2D eigenvalue weighted by molar-refractivity contribution is 5.79. The summed E-state index contributed by atoms with van der Waals surface area (Å²) in [6.45, 7) is 1.85. The number of amides is 1. The Morgan fingerprint density at radius 2 is 1.62 bits per heavy atom. The van der Waals surface area contributed by atoms with E-state index in [9.17, 15) is 14.8 Å². The van der Waals surface area contributed by atoms with Crippen LogP contribution in [0.3, 0.4) is 0 Å². The largest absolute Gasteiger partial charge is 0.455 e. The molecule has 0 bridgehead atoms. The van der Waals surface area contributed by atoms with Gasteiger partial charge in [-0.2, -0.15) is 0 Å². The first-order valence-corrected chi connectivity index (χ1v) is 8.82. The van der Waals surface area contributed by atoms with Crippen molar-refractivity contribution in [2.75, 3.05) is 6.61 Å². The SMILES string of the molecule is CCCCCCCCCC(=O)OCC(=O)N(O)Cc1ccccc1. The molecule has 134 valence electrons. The number of hydroxylamine groups is 2. The third-order valence-corrected chi connectivity index (χ3v) is 3.80. The van der Waals surface area contributed by atoms with Gasteiger partial charge < -0.3 is 4.74 Å². The standard InChI is InChI=1S/C19H29NO4/c1-2-3-4-5-6-7-11-14-19(22)24-16-18(21)20(23)15-17-12-9-8-10-13-17/h8-10,12-13,23H,2-7,11,14-16H2,1H3. The number of esters is 1. The molecule has 0 atom stereocenters. The van der Waals surface area contributed by atoms with Gasteiger partial charge in [0.2, 0.25) is 0 Å². The molecule has 0 aromatic heterocycles. The molecular formula is C19H29NO4. The van der Waals surface area contributed by atoms with Crippen LogP contribution >= 0.6 is 0 Å². The number of carbonyl (C=O) groups is 2. The quantitative estimate of drug-likeness (QED) is 0.270. The molecule has 0 saturated carbocycles. The maximum absolute atomic E-state index is 11.7. The van der Waals surface area contributed by atoms with Gasteiger partial charge >= 0.3 is 5.97 Å². The highest BCUT2D eigenvalue weighted by atomic mass is 16.6. The van der Waals surface area contributed by atoms with Crippen LogP contribution in [0.2, 0.25) is 0 Å². The van der Waals surface area contributed by atoms with Crippen molar-refractivity contribution < 1.29 is 19.5 Å². The lowest BCUT2D eigenvalue weighted by molar-refractivity contribution is -0.176. The van der Waals surface area contributed by atoms with Crippen molar-refractivity contribution in [2.45, 2.75) is 64.8 Å². The van der Waals surface area contributed by atoms with Crippen molar-refractivity contribution in [1.82, 2.24) is 5.06 Å². The Labute approximate surface area is 144 Å². The number of hydrogen-bond acceptors (Lipinski definition) is 4. The molecule has 0 aliphatic carbocycles. The van der Waals surface area contributed by atoms with Crippen molar-refractivity contribution in [2.24, 2.45) is 0 Å². The second kappa shape index (κ2) is 12.5. The van der Waals surface area contributed by atoms with Gasteiger partial charge in [-0.15, -0.1) is 0 Å². The van der Waals surface area contributed by atoms with Crippen molar-refractivity contribution >= 4 is 11.9 Å². The molecule has 1 aromatic rings. The Morgan fingerprint density at radius 1 is 1.00 bits per heavy atom. The van der Waals surface area contributed by atoms with Crippen molar-refractivity contribution in [3.05, 3.63) is 35.9 Å². The predicted octanol–water partition coefficient (Wildman–Crippen LogP) is 4.09. The van der Waals surface area contributed by atoms with E-state index in [1.165, 1.54) is 25.7 Å². The van der Waals surface area contributed by atoms with E-state index in [0.29, 0.717) is 11.5 Å². The van der Waals surface area contributed by atoms with Gasteiger partial charge in [-0.3, -0.25) is 14.8 Å². The number of unbranched alkanes of at least 4 members (excludes halogenated alkanes) is 6. The second-order valence-corrected chi connectivity index (χ2v) is 5.97. The van der Waals surface area contributed by atoms with Crippen LogP contribution in [-0.2, 0) is 20.9 Å². The van der Waals surface area contributed by atoms with E-state index >= 15 is 0 Å². The molecular weight excluding hydrogens is 306 g/mol. The number of nitrogens with zero attached hydrogens (tertiary/aromatic N) is 1. The van der Waals surface area contributed by atoms with Crippen LogP contribution in [0, 0.1) is 0 Å². The molecule has 0 saturated heterocycles. The fourth-order valence-electron chi connectivity index (χ4n) is 2.36. The van der Waals surface area contributed by atoms with Crippen molar-refractivity contribution in [3.63, 3.8) is 0 Å². The van der Waals surface area contributed by atoms with E-state index in [1.807, 2.05) is 30.3 Å². The highest BCUT2D eigenvalue weighted by Crippen LogP contribution is 2.09. The molecule has 24 heavy (non-hydrogen) atoms. The van der Waals surface area contributed by atoms with Gasteiger partial charge in [0.25, 0.3) is 5.91 Å². The fourth-order valence-corrected chi connectivity index (χ4v) is 2.36. The summed E-state index contributed by atoms with van der Waals surface area (Å²) in [5.41, 5.74) is 0.808. The molecule has 0 spiro atoms. The van der Waals surface area contributed by atoms with Crippen LogP contribution in [0.4, 0.5) is 0 Å². The van der Waals surface area contributed by atoms with Crippen molar-refractivity contribution in [3.8, 4) is 0 Å². The third-order valence-electron chi connectivity index (χ3n) is 3.80. The van der Waals surface area contributed by atoms with E-state index in [2.05, 4.69) is 6.92 Å². The smallest absolute Gasteiger partial charge is 0.306 e. The van der Waals surface area contributed by atoms with Crippen LogP contribution < -0.4 is 0 Å². The number of carbonyl (C=O) groups excluding carboxylic acids is 2. The van der Waals surface area contributed by atoms with Crippen LogP contribution in [0.1, 0.15) is 63.9 Å². The van der Waals surface area contributed by atoms with E-state index in [-0.39, 0.29) is 12.5 Å². The fraction of sp³-hybridized carbons (Fsp3) is 0.579. The minimum absolute atomic E-state index is 0.0784. The molecule has 0 fully saturated rings. The zero-order valence-electron chi connectivity index (χ0n) is 14.6. The summed E-state index contributed by atoms with van der Waals surface area (Å²) in [5, 5.41) is 10.3. The van der Waals surface area contributed by atoms with Gasteiger partial charge in [-0.25, -0.2) is 5.06 Å². The lowest BCUT2D eigenvalue weighted by atomic mass is 10.1. The Balaban J connectivity index is 2.09. The Kier molecular flexibility index (Phi) is 10.5. The summed E-state index contributed by atoms with van der Waals surface area (Å²) < 4.78 is 4.92. The van der Waals surface area contributed by atoms with Crippen LogP contribution in [0.5, 0.6) is 0 Å². The predicted molar refractivity (Wildman–Crippen MR) is 92.3 cm³/mol. The summed E-state index contributed by atoms with van der Waals surface area (Å²) in [6.07, 6.45) is 8.21. The second-order valence-electron chi connectivity index (χ2n) is 5.97. The minimum atomic E-state index is -0.619. The zero-order valence-corrected chi connectivity index (χ0v) is 14.6. The normalized spacial score (nSPS) is 10.4.